The average Bonchev–Trinajstić information content (AvgIpc) is 3.26. The van der Waals surface area contributed by atoms with Crippen LogP contribution in [0.2, 0.25) is 5.02 Å². The first kappa shape index (κ1) is 19.0. The molecule has 0 unspecified atom stereocenters. The van der Waals surface area contributed by atoms with Crippen LogP contribution in [0.3, 0.4) is 0 Å². The van der Waals surface area contributed by atoms with Gasteiger partial charge < -0.3 is 10.6 Å². The minimum atomic E-state index is -0.294. The third-order valence-electron chi connectivity index (χ3n) is 5.21. The number of carbonyl (C=O) groups is 2. The van der Waals surface area contributed by atoms with Crippen molar-refractivity contribution in [3.05, 3.63) is 69.3 Å². The molecule has 0 spiro atoms. The highest BCUT2D eigenvalue weighted by Gasteiger charge is 2.30. The molecule has 8 heteroatoms. The zero-order valence-corrected chi connectivity index (χ0v) is 17.4. The zero-order chi connectivity index (χ0) is 20.7. The number of halogens is 1. The molecule has 1 aromatic carbocycles. The molecule has 2 N–H and O–H groups in total. The molecule has 2 aliphatic rings. The van der Waals surface area contributed by atoms with Crippen LogP contribution in [0, 0.1) is 0 Å². The molecule has 1 aliphatic carbocycles. The van der Waals surface area contributed by atoms with Gasteiger partial charge in [-0.1, -0.05) is 11.6 Å². The second kappa shape index (κ2) is 7.66. The summed E-state index contributed by atoms with van der Waals surface area (Å²) in [7, 11) is 0. The lowest BCUT2D eigenvalue weighted by atomic mass is 9.95. The van der Waals surface area contributed by atoms with E-state index in [2.05, 4.69) is 20.6 Å². The molecule has 0 saturated carbocycles. The minimum Gasteiger partial charge on any atom is -0.320 e. The number of aliphatic imine (C=N–C) groups is 1. The Bertz CT molecular complexity index is 1200. The molecular formula is C22H17ClN4O2S. The van der Waals surface area contributed by atoms with Crippen LogP contribution in [0.1, 0.15) is 39.2 Å². The zero-order valence-electron chi connectivity index (χ0n) is 15.9. The smallest absolute Gasteiger partial charge is 0.275 e. The van der Waals surface area contributed by atoms with Gasteiger partial charge in [-0.25, -0.2) is 4.99 Å². The van der Waals surface area contributed by atoms with Gasteiger partial charge in [0, 0.05) is 21.7 Å². The van der Waals surface area contributed by atoms with E-state index in [1.54, 1.807) is 42.7 Å². The van der Waals surface area contributed by atoms with Gasteiger partial charge in [0.2, 0.25) is 0 Å². The van der Waals surface area contributed by atoms with E-state index >= 15 is 0 Å². The van der Waals surface area contributed by atoms with Gasteiger partial charge in [-0.15, -0.1) is 11.3 Å². The normalized spacial score (nSPS) is 16.2. The first-order valence-electron chi connectivity index (χ1n) is 9.66. The number of fused-ring (bicyclic) bond motifs is 2. The summed E-state index contributed by atoms with van der Waals surface area (Å²) in [6.07, 6.45) is 7.14. The van der Waals surface area contributed by atoms with Gasteiger partial charge in [0.15, 0.2) is 0 Å². The molecule has 150 valence electrons. The molecule has 1 aliphatic heterocycles. The number of pyridine rings is 1. The maximum absolute atomic E-state index is 13.2. The number of anilines is 2. The Kier molecular flexibility index (Phi) is 4.84. The predicted octanol–water partition coefficient (Wildman–Crippen LogP) is 5.00. The molecule has 0 saturated heterocycles. The Balaban J connectivity index is 1.60. The van der Waals surface area contributed by atoms with Crippen LogP contribution in [-0.2, 0) is 17.6 Å². The number of thiophene rings is 1. The number of nitrogens with zero attached hydrogens (tertiary/aromatic N) is 2. The topological polar surface area (TPSA) is 83.5 Å². The Hall–Kier alpha value is -3.03. The fraction of sp³-hybridized carbons (Fsp3) is 0.182. The van der Waals surface area contributed by atoms with Gasteiger partial charge in [0.05, 0.1) is 23.1 Å². The maximum Gasteiger partial charge on any atom is 0.275 e. The highest BCUT2D eigenvalue weighted by Crippen LogP contribution is 2.41. The SMILES string of the molecule is O=C1Nc2ccc(Cl)cc2C1=Nc1sc2c(c1C(=O)Nc1cccnc1)CCCC2. The lowest BCUT2D eigenvalue weighted by Gasteiger charge is -2.12. The lowest BCUT2D eigenvalue weighted by Crippen LogP contribution is -2.16. The molecule has 2 aromatic heterocycles. The van der Waals surface area contributed by atoms with Crippen molar-refractivity contribution in [3.8, 4) is 0 Å². The fourth-order valence-corrected chi connectivity index (χ4v) is 5.27. The number of carbonyl (C=O) groups excluding carboxylic acids is 2. The standard InChI is InChI=1S/C22H17ClN4O2S/c23-12-7-8-16-15(10-12)19(21(29)26-16)27-22-18(14-5-1-2-6-17(14)30-22)20(28)25-13-4-3-9-24-11-13/h3-4,7-11H,1-2,5-6H2,(H,25,28)(H,26,27,29). The van der Waals surface area contributed by atoms with Crippen LogP contribution < -0.4 is 10.6 Å². The van der Waals surface area contributed by atoms with Crippen molar-refractivity contribution in [3.63, 3.8) is 0 Å². The summed E-state index contributed by atoms with van der Waals surface area (Å²) in [5.41, 5.74) is 3.81. The van der Waals surface area contributed by atoms with E-state index < -0.39 is 0 Å². The summed E-state index contributed by atoms with van der Waals surface area (Å²) >= 11 is 7.62. The maximum atomic E-state index is 13.2. The van der Waals surface area contributed by atoms with Crippen LogP contribution in [0.5, 0.6) is 0 Å². The molecule has 0 fully saturated rings. The number of nitrogens with one attached hydrogen (secondary N) is 2. The number of amides is 2. The monoisotopic (exact) mass is 436 g/mol. The van der Waals surface area contributed by atoms with Crippen LogP contribution in [0.25, 0.3) is 0 Å². The van der Waals surface area contributed by atoms with E-state index in [0.29, 0.717) is 32.5 Å². The number of aromatic nitrogens is 1. The van der Waals surface area contributed by atoms with Gasteiger partial charge in [0.1, 0.15) is 10.7 Å². The van der Waals surface area contributed by atoms with Crippen molar-refractivity contribution >= 4 is 56.8 Å². The Morgan fingerprint density at radius 3 is 2.93 bits per heavy atom. The Labute approximate surface area is 182 Å². The van der Waals surface area contributed by atoms with Crippen molar-refractivity contribution in [2.75, 3.05) is 10.6 Å². The number of hydrogen-bond acceptors (Lipinski definition) is 5. The third kappa shape index (κ3) is 3.40. The van der Waals surface area contributed by atoms with Crippen LogP contribution in [-0.4, -0.2) is 22.5 Å². The van der Waals surface area contributed by atoms with Crippen LogP contribution in [0.4, 0.5) is 16.4 Å². The van der Waals surface area contributed by atoms with Crippen molar-refractivity contribution in [2.24, 2.45) is 4.99 Å². The van der Waals surface area contributed by atoms with Crippen molar-refractivity contribution in [1.82, 2.24) is 4.98 Å². The molecule has 0 atom stereocenters. The van der Waals surface area contributed by atoms with Crippen molar-refractivity contribution < 1.29 is 9.59 Å². The molecule has 30 heavy (non-hydrogen) atoms. The predicted molar refractivity (Wildman–Crippen MR) is 119 cm³/mol. The number of hydrogen-bond donors (Lipinski definition) is 2. The minimum absolute atomic E-state index is 0.230. The number of benzene rings is 1. The van der Waals surface area contributed by atoms with Crippen molar-refractivity contribution in [1.29, 1.82) is 0 Å². The number of aryl methyl sites for hydroxylation is 1. The van der Waals surface area contributed by atoms with E-state index in [9.17, 15) is 9.59 Å². The highest BCUT2D eigenvalue weighted by atomic mass is 35.5. The molecule has 2 amide bonds. The van der Waals surface area contributed by atoms with Crippen LogP contribution in [0.15, 0.2) is 47.7 Å². The second-order valence-electron chi connectivity index (χ2n) is 7.19. The van der Waals surface area contributed by atoms with Gasteiger partial charge in [0.25, 0.3) is 11.8 Å². The first-order valence-corrected chi connectivity index (χ1v) is 10.9. The summed E-state index contributed by atoms with van der Waals surface area (Å²) in [6.45, 7) is 0. The Morgan fingerprint density at radius 1 is 1.23 bits per heavy atom. The van der Waals surface area contributed by atoms with Gasteiger partial charge in [-0.05, 0) is 61.6 Å². The summed E-state index contributed by atoms with van der Waals surface area (Å²) in [4.78, 5) is 35.7. The molecule has 3 heterocycles. The third-order valence-corrected chi connectivity index (χ3v) is 6.63. The van der Waals surface area contributed by atoms with E-state index in [1.165, 1.54) is 16.2 Å². The fourth-order valence-electron chi connectivity index (χ4n) is 3.83. The van der Waals surface area contributed by atoms with E-state index in [1.807, 2.05) is 0 Å². The van der Waals surface area contributed by atoms with Crippen molar-refractivity contribution in [2.45, 2.75) is 25.7 Å². The van der Waals surface area contributed by atoms with Gasteiger partial charge in [-0.3, -0.25) is 14.6 Å². The molecule has 3 aromatic rings. The average molecular weight is 437 g/mol. The largest absolute Gasteiger partial charge is 0.320 e. The van der Waals surface area contributed by atoms with Crippen LogP contribution >= 0.6 is 22.9 Å². The molecular weight excluding hydrogens is 420 g/mol. The van der Waals surface area contributed by atoms with E-state index in [0.717, 1.165) is 31.2 Å². The highest BCUT2D eigenvalue weighted by molar-refractivity contribution is 7.16. The summed E-state index contributed by atoms with van der Waals surface area (Å²) in [5.74, 6) is -0.524. The lowest BCUT2D eigenvalue weighted by molar-refractivity contribution is -0.110. The first-order chi connectivity index (χ1) is 14.6. The summed E-state index contributed by atoms with van der Waals surface area (Å²) in [5, 5.41) is 6.81. The molecule has 6 nitrogen and oxygen atoms in total. The Morgan fingerprint density at radius 2 is 2.10 bits per heavy atom. The summed E-state index contributed by atoms with van der Waals surface area (Å²) in [6, 6.07) is 8.76. The molecule has 0 radical (unpaired) electrons. The van der Waals surface area contributed by atoms with Gasteiger partial charge in [-0.2, -0.15) is 0 Å². The molecule has 5 rings (SSSR count). The van der Waals surface area contributed by atoms with E-state index in [-0.39, 0.29) is 17.5 Å². The second-order valence-corrected chi connectivity index (χ2v) is 8.71. The molecule has 0 bridgehead atoms. The van der Waals surface area contributed by atoms with E-state index in [4.69, 9.17) is 11.6 Å². The quantitative estimate of drug-likeness (QED) is 0.606. The number of rotatable bonds is 3. The summed E-state index contributed by atoms with van der Waals surface area (Å²) < 4.78 is 0. The van der Waals surface area contributed by atoms with Gasteiger partial charge >= 0.3 is 0 Å².